The zero-order chi connectivity index (χ0) is 38.6. The topological polar surface area (TPSA) is 13.1 Å². The van der Waals surface area contributed by atoms with Gasteiger partial charge in [0, 0.05) is 51.1 Å². The Balaban J connectivity index is 1.14. The van der Waals surface area contributed by atoms with Crippen LogP contribution in [0.25, 0.3) is 82.8 Å². The van der Waals surface area contributed by atoms with Crippen molar-refractivity contribution in [2.75, 3.05) is 11.9 Å². The Morgan fingerprint density at radius 3 is 2.00 bits per heavy atom. The first kappa shape index (κ1) is 33.8. The standard InChI is InChI=1S/C55H39N3/c1-56(47-31-13-8-24-42(47)43-25-9-14-32-48(43)57-49-33-15-10-26-44(49)45-27-11-16-34-50(45)57)52-36-19-37-53-54(52)46-28-12-17-35-51(46)58(53)55-40(38-20-4-2-5-21-38)29-18-30-41(55)39-22-6-3-7-23-39/h2,4-6,8-10,12-26,28-37H,3,7H2,1H3. The lowest BCUT2D eigenvalue weighted by atomic mass is 9.93. The Labute approximate surface area is 338 Å². The van der Waals surface area contributed by atoms with Crippen molar-refractivity contribution < 1.29 is 0 Å². The predicted molar refractivity (Wildman–Crippen MR) is 245 cm³/mol. The number of hydrogen-bond donors (Lipinski definition) is 0. The minimum Gasteiger partial charge on any atom is -0.344 e. The lowest BCUT2D eigenvalue weighted by molar-refractivity contribution is 1.04. The number of aromatic nitrogens is 2. The number of nitrogens with zero attached hydrogens (tertiary/aromatic N) is 3. The fourth-order valence-corrected chi connectivity index (χ4v) is 9.26. The van der Waals surface area contributed by atoms with Crippen molar-refractivity contribution in [2.45, 2.75) is 12.8 Å². The van der Waals surface area contributed by atoms with E-state index >= 15 is 0 Å². The molecule has 1 aliphatic carbocycles. The van der Waals surface area contributed by atoms with Crippen molar-refractivity contribution in [3.8, 4) is 33.6 Å². The van der Waals surface area contributed by atoms with E-state index < -0.39 is 0 Å². The van der Waals surface area contributed by atoms with E-state index in [1.807, 2.05) is 6.07 Å². The summed E-state index contributed by atoms with van der Waals surface area (Å²) in [4.78, 5) is 2.39. The van der Waals surface area contributed by atoms with Crippen molar-refractivity contribution in [2.24, 2.45) is 0 Å². The van der Waals surface area contributed by atoms with Crippen molar-refractivity contribution in [1.82, 2.24) is 9.13 Å². The molecule has 1 aliphatic rings. The van der Waals surface area contributed by atoms with Crippen LogP contribution in [0, 0.1) is 12.1 Å². The molecule has 10 aromatic rings. The normalized spacial score (nSPS) is 12.7. The molecule has 0 unspecified atom stereocenters. The molecule has 58 heavy (non-hydrogen) atoms. The smallest absolute Gasteiger partial charge is 0.0632 e. The molecule has 0 saturated heterocycles. The molecule has 11 rings (SSSR count). The second kappa shape index (κ2) is 13.9. The van der Waals surface area contributed by atoms with Gasteiger partial charge in [0.25, 0.3) is 0 Å². The number of benzene rings is 7. The average molecular weight is 742 g/mol. The molecule has 0 aliphatic heterocycles. The van der Waals surface area contributed by atoms with E-state index in [4.69, 9.17) is 0 Å². The van der Waals surface area contributed by atoms with Crippen LogP contribution in [0.3, 0.4) is 0 Å². The fraction of sp³-hybridized carbons (Fsp3) is 0.0545. The van der Waals surface area contributed by atoms with E-state index in [1.165, 1.54) is 55.1 Å². The summed E-state index contributed by atoms with van der Waals surface area (Å²) in [6, 6.07) is 70.2. The van der Waals surface area contributed by atoms with Crippen molar-refractivity contribution in [3.05, 3.63) is 212 Å². The zero-order valence-corrected chi connectivity index (χ0v) is 32.2. The molecule has 2 aromatic heterocycles. The van der Waals surface area contributed by atoms with Crippen LogP contribution in [0.4, 0.5) is 11.4 Å². The maximum absolute atomic E-state index is 3.41. The first-order chi connectivity index (χ1) is 28.8. The number of hydrogen-bond acceptors (Lipinski definition) is 1. The third-order valence-corrected chi connectivity index (χ3v) is 11.8. The molecule has 0 N–H and O–H groups in total. The summed E-state index contributed by atoms with van der Waals surface area (Å²) in [7, 11) is 2.22. The molecule has 0 amide bonds. The van der Waals surface area contributed by atoms with E-state index in [0.29, 0.717) is 0 Å². The molecule has 3 nitrogen and oxygen atoms in total. The molecule has 0 radical (unpaired) electrons. The minimum atomic E-state index is 1.04. The maximum Gasteiger partial charge on any atom is 0.0632 e. The lowest BCUT2D eigenvalue weighted by Crippen LogP contribution is -2.11. The Morgan fingerprint density at radius 2 is 1.16 bits per heavy atom. The molecule has 274 valence electrons. The van der Waals surface area contributed by atoms with Crippen LogP contribution in [0.15, 0.2) is 194 Å². The third kappa shape index (κ3) is 5.30. The van der Waals surface area contributed by atoms with Crippen molar-refractivity contribution in [1.29, 1.82) is 0 Å². The molecule has 0 fully saturated rings. The molecular formula is C55H39N3. The van der Waals surface area contributed by atoms with Gasteiger partial charge in [-0.2, -0.15) is 0 Å². The highest BCUT2D eigenvalue weighted by molar-refractivity contribution is 6.17. The highest BCUT2D eigenvalue weighted by Crippen LogP contribution is 2.46. The largest absolute Gasteiger partial charge is 0.344 e. The van der Waals surface area contributed by atoms with Crippen LogP contribution in [0.2, 0.25) is 0 Å². The summed E-state index contributed by atoms with van der Waals surface area (Å²) >= 11 is 0. The van der Waals surface area contributed by atoms with Crippen LogP contribution in [-0.4, -0.2) is 16.2 Å². The van der Waals surface area contributed by atoms with Gasteiger partial charge in [-0.1, -0.05) is 158 Å². The van der Waals surface area contributed by atoms with E-state index in [1.54, 1.807) is 0 Å². The molecule has 0 spiro atoms. The number of para-hydroxylation sites is 5. The zero-order valence-electron chi connectivity index (χ0n) is 32.2. The van der Waals surface area contributed by atoms with Gasteiger partial charge >= 0.3 is 0 Å². The van der Waals surface area contributed by atoms with Crippen LogP contribution >= 0.6 is 0 Å². The van der Waals surface area contributed by atoms with Gasteiger partial charge < -0.3 is 14.0 Å². The summed E-state index contributed by atoms with van der Waals surface area (Å²) in [5.41, 5.74) is 16.5. The fourth-order valence-electron chi connectivity index (χ4n) is 9.26. The quantitative estimate of drug-likeness (QED) is 0.159. The third-order valence-electron chi connectivity index (χ3n) is 11.8. The van der Waals surface area contributed by atoms with Crippen LogP contribution in [0.5, 0.6) is 0 Å². The minimum absolute atomic E-state index is 1.04. The first-order valence-electron chi connectivity index (χ1n) is 20.1. The van der Waals surface area contributed by atoms with Gasteiger partial charge in [-0.15, -0.1) is 0 Å². The summed E-state index contributed by atoms with van der Waals surface area (Å²) in [5, 5.41) is 4.69. The number of rotatable bonds is 7. The van der Waals surface area contributed by atoms with Crippen LogP contribution < -0.4 is 4.90 Å². The number of allylic oxidation sites excluding steroid dienone is 4. The van der Waals surface area contributed by atoms with Crippen molar-refractivity contribution in [3.63, 3.8) is 0 Å². The van der Waals surface area contributed by atoms with E-state index in [0.717, 1.165) is 57.5 Å². The van der Waals surface area contributed by atoms with Crippen molar-refractivity contribution >= 4 is 60.6 Å². The average Bonchev–Trinajstić information content (AvgIpc) is 3.82. The molecule has 0 atom stereocenters. The molecular weight excluding hydrogens is 703 g/mol. The predicted octanol–water partition coefficient (Wildman–Crippen LogP) is 14.3. The van der Waals surface area contributed by atoms with Gasteiger partial charge in [0.05, 0.1) is 44.5 Å². The van der Waals surface area contributed by atoms with E-state index in [2.05, 4.69) is 221 Å². The summed E-state index contributed by atoms with van der Waals surface area (Å²) in [6.07, 6.45) is 9.12. The van der Waals surface area contributed by atoms with Gasteiger partial charge in [-0.05, 0) is 72.5 Å². The Morgan fingerprint density at radius 1 is 0.500 bits per heavy atom. The number of fused-ring (bicyclic) bond motifs is 6. The Kier molecular flexibility index (Phi) is 8.08. The van der Waals surface area contributed by atoms with Gasteiger partial charge in [0.1, 0.15) is 0 Å². The van der Waals surface area contributed by atoms with Crippen LogP contribution in [0.1, 0.15) is 18.4 Å². The number of anilines is 2. The van der Waals surface area contributed by atoms with Gasteiger partial charge in [-0.25, -0.2) is 0 Å². The molecule has 0 bridgehead atoms. The SMILES string of the molecule is CN(c1ccccc1-c1ccccc1-n1c2ccc#cc2c2ccccc21)c1cccc2c1c1ccccc1n2-c1c(C2=CCCC=C2)cccc1-c1ccccc1. The Hall–Kier alpha value is -7.54. The molecule has 2 heterocycles. The first-order valence-corrected chi connectivity index (χ1v) is 20.1. The molecule has 0 saturated carbocycles. The van der Waals surface area contributed by atoms with Gasteiger partial charge in [0.2, 0.25) is 0 Å². The summed E-state index contributed by atoms with van der Waals surface area (Å²) in [5.74, 6) is 0. The highest BCUT2D eigenvalue weighted by Gasteiger charge is 2.24. The second-order valence-corrected chi connectivity index (χ2v) is 15.0. The second-order valence-electron chi connectivity index (χ2n) is 15.0. The summed E-state index contributed by atoms with van der Waals surface area (Å²) in [6.45, 7) is 0. The summed E-state index contributed by atoms with van der Waals surface area (Å²) < 4.78 is 4.90. The Bertz CT molecular complexity index is 3190. The van der Waals surface area contributed by atoms with Crippen LogP contribution in [-0.2, 0) is 0 Å². The molecule has 3 heteroatoms. The lowest BCUT2D eigenvalue weighted by Gasteiger charge is -2.25. The molecule has 8 aromatic carbocycles. The maximum atomic E-state index is 3.41. The van der Waals surface area contributed by atoms with Gasteiger partial charge in [0.15, 0.2) is 0 Å². The van der Waals surface area contributed by atoms with E-state index in [9.17, 15) is 0 Å². The highest BCUT2D eigenvalue weighted by atomic mass is 15.1. The van der Waals surface area contributed by atoms with Gasteiger partial charge in [-0.3, -0.25) is 0 Å². The van der Waals surface area contributed by atoms with E-state index in [-0.39, 0.29) is 0 Å². The monoisotopic (exact) mass is 741 g/mol.